The topological polar surface area (TPSA) is 18.5 Å². The van der Waals surface area contributed by atoms with Gasteiger partial charge >= 0.3 is 0 Å². The molecular formula is C13H26O2. The molecule has 0 aromatic rings. The van der Waals surface area contributed by atoms with Crippen molar-refractivity contribution in [3.63, 3.8) is 0 Å². The van der Waals surface area contributed by atoms with Gasteiger partial charge in [0.1, 0.15) is 0 Å². The second-order valence-corrected chi connectivity index (χ2v) is 4.52. The molecule has 0 saturated carbocycles. The minimum atomic E-state index is -0.236. The zero-order valence-electron chi connectivity index (χ0n) is 10.4. The predicted molar refractivity (Wildman–Crippen MR) is 62.9 cm³/mol. The lowest BCUT2D eigenvalue weighted by Gasteiger charge is -2.32. The molecule has 0 amide bonds. The summed E-state index contributed by atoms with van der Waals surface area (Å²) in [4.78, 5) is 0. The fraction of sp³-hybridized carbons (Fsp3) is 1.00. The molecule has 0 aliphatic carbocycles. The minimum absolute atomic E-state index is 0.236. The third kappa shape index (κ3) is 4.52. The van der Waals surface area contributed by atoms with Crippen LogP contribution in [0.15, 0.2) is 0 Å². The summed E-state index contributed by atoms with van der Waals surface area (Å²) < 4.78 is 11.9. The van der Waals surface area contributed by atoms with Gasteiger partial charge in [0, 0.05) is 12.8 Å². The van der Waals surface area contributed by atoms with E-state index in [-0.39, 0.29) is 5.79 Å². The molecular weight excluding hydrogens is 188 g/mol. The van der Waals surface area contributed by atoms with Gasteiger partial charge in [0.25, 0.3) is 0 Å². The highest BCUT2D eigenvalue weighted by molar-refractivity contribution is 4.72. The van der Waals surface area contributed by atoms with Crippen molar-refractivity contribution in [3.8, 4) is 0 Å². The molecule has 0 aromatic heterocycles. The van der Waals surface area contributed by atoms with Gasteiger partial charge in [-0.15, -0.1) is 0 Å². The fourth-order valence-corrected chi connectivity index (χ4v) is 2.20. The molecule has 0 N–H and O–H groups in total. The molecule has 0 unspecified atom stereocenters. The number of hydrogen-bond donors (Lipinski definition) is 0. The van der Waals surface area contributed by atoms with Gasteiger partial charge in [-0.25, -0.2) is 0 Å². The van der Waals surface area contributed by atoms with E-state index >= 15 is 0 Å². The Balaban J connectivity index is 2.42. The lowest BCUT2D eigenvalue weighted by atomic mass is 10.0. The monoisotopic (exact) mass is 214 g/mol. The molecule has 0 aromatic carbocycles. The van der Waals surface area contributed by atoms with Crippen molar-refractivity contribution in [1.82, 2.24) is 0 Å². The van der Waals surface area contributed by atoms with Gasteiger partial charge in [0.15, 0.2) is 5.79 Å². The number of hydrogen-bond acceptors (Lipinski definition) is 2. The molecule has 1 rings (SSSR count). The van der Waals surface area contributed by atoms with Gasteiger partial charge in [-0.3, -0.25) is 0 Å². The van der Waals surface area contributed by atoms with Crippen LogP contribution in [-0.2, 0) is 9.47 Å². The van der Waals surface area contributed by atoms with Crippen molar-refractivity contribution >= 4 is 0 Å². The maximum atomic E-state index is 5.96. The lowest BCUT2D eigenvalue weighted by molar-refractivity contribution is -0.234. The Hall–Kier alpha value is -0.0800. The Morgan fingerprint density at radius 2 is 1.53 bits per heavy atom. The molecule has 1 aliphatic rings. The van der Waals surface area contributed by atoms with E-state index in [0.717, 1.165) is 45.3 Å². The van der Waals surface area contributed by atoms with Gasteiger partial charge in [-0.2, -0.15) is 0 Å². The van der Waals surface area contributed by atoms with Crippen molar-refractivity contribution in [2.24, 2.45) is 0 Å². The molecule has 0 spiro atoms. The highest BCUT2D eigenvalue weighted by atomic mass is 16.7. The third-order valence-corrected chi connectivity index (χ3v) is 3.06. The average molecular weight is 214 g/mol. The molecule has 90 valence electrons. The van der Waals surface area contributed by atoms with Crippen LogP contribution in [0.5, 0.6) is 0 Å². The average Bonchev–Trinajstić information content (AvgIpc) is 2.45. The Morgan fingerprint density at radius 1 is 0.867 bits per heavy atom. The fourth-order valence-electron chi connectivity index (χ4n) is 2.20. The minimum Gasteiger partial charge on any atom is -0.350 e. The van der Waals surface area contributed by atoms with E-state index in [1.165, 1.54) is 19.3 Å². The van der Waals surface area contributed by atoms with Crippen LogP contribution in [0.4, 0.5) is 0 Å². The number of unbranched alkanes of at least 4 members (excludes halogenated alkanes) is 2. The van der Waals surface area contributed by atoms with Crippen molar-refractivity contribution in [2.75, 3.05) is 13.2 Å². The second kappa shape index (κ2) is 7.24. The normalized spacial score (nSPS) is 21.2. The molecule has 1 heterocycles. The summed E-state index contributed by atoms with van der Waals surface area (Å²) in [7, 11) is 0. The van der Waals surface area contributed by atoms with Crippen LogP contribution in [0.3, 0.4) is 0 Å². The van der Waals surface area contributed by atoms with Gasteiger partial charge in [0.2, 0.25) is 0 Å². The molecule has 0 bridgehead atoms. The first kappa shape index (κ1) is 13.0. The highest BCUT2D eigenvalue weighted by Gasteiger charge is 2.31. The van der Waals surface area contributed by atoms with Crippen molar-refractivity contribution in [3.05, 3.63) is 0 Å². The van der Waals surface area contributed by atoms with E-state index in [1.807, 2.05) is 0 Å². The first-order valence-electron chi connectivity index (χ1n) is 6.61. The van der Waals surface area contributed by atoms with E-state index in [2.05, 4.69) is 13.8 Å². The summed E-state index contributed by atoms with van der Waals surface area (Å²) in [5.74, 6) is -0.236. The summed E-state index contributed by atoms with van der Waals surface area (Å²) in [6.45, 7) is 6.21. The molecule has 1 saturated heterocycles. The summed E-state index contributed by atoms with van der Waals surface area (Å²) >= 11 is 0. The van der Waals surface area contributed by atoms with Crippen LogP contribution in [0.2, 0.25) is 0 Å². The predicted octanol–water partition coefficient (Wildman–Crippen LogP) is 3.89. The van der Waals surface area contributed by atoms with E-state index in [1.54, 1.807) is 0 Å². The molecule has 2 heteroatoms. The zero-order chi connectivity index (χ0) is 11.0. The summed E-state index contributed by atoms with van der Waals surface area (Å²) in [5.41, 5.74) is 0. The van der Waals surface area contributed by atoms with Crippen LogP contribution >= 0.6 is 0 Å². The first-order valence-corrected chi connectivity index (χ1v) is 6.61. The summed E-state index contributed by atoms with van der Waals surface area (Å²) in [6.07, 6.45) is 9.37. The van der Waals surface area contributed by atoms with Crippen molar-refractivity contribution in [2.45, 2.75) is 71.0 Å². The SMILES string of the molecule is CCCCCC1(CCC)OCCCCO1. The van der Waals surface area contributed by atoms with Crippen molar-refractivity contribution in [1.29, 1.82) is 0 Å². The number of ether oxygens (including phenoxy) is 2. The van der Waals surface area contributed by atoms with Gasteiger partial charge < -0.3 is 9.47 Å². The molecule has 0 atom stereocenters. The molecule has 1 fully saturated rings. The van der Waals surface area contributed by atoms with E-state index < -0.39 is 0 Å². The Labute approximate surface area is 94.3 Å². The standard InChI is InChI=1S/C13H26O2/c1-3-5-6-10-13(9-4-2)14-11-7-8-12-15-13/h3-12H2,1-2H3. The second-order valence-electron chi connectivity index (χ2n) is 4.52. The molecule has 0 radical (unpaired) electrons. The van der Waals surface area contributed by atoms with Gasteiger partial charge in [0.05, 0.1) is 13.2 Å². The molecule has 15 heavy (non-hydrogen) atoms. The summed E-state index contributed by atoms with van der Waals surface area (Å²) in [6, 6.07) is 0. The largest absolute Gasteiger partial charge is 0.350 e. The van der Waals surface area contributed by atoms with Crippen LogP contribution in [0, 0.1) is 0 Å². The zero-order valence-corrected chi connectivity index (χ0v) is 10.4. The van der Waals surface area contributed by atoms with E-state index in [9.17, 15) is 0 Å². The van der Waals surface area contributed by atoms with Crippen LogP contribution in [0.1, 0.15) is 65.2 Å². The molecule has 1 aliphatic heterocycles. The quantitative estimate of drug-likeness (QED) is 0.624. The van der Waals surface area contributed by atoms with Crippen molar-refractivity contribution < 1.29 is 9.47 Å². The highest BCUT2D eigenvalue weighted by Crippen LogP contribution is 2.29. The van der Waals surface area contributed by atoms with E-state index in [0.29, 0.717) is 0 Å². The maximum Gasteiger partial charge on any atom is 0.168 e. The maximum absolute atomic E-state index is 5.96. The van der Waals surface area contributed by atoms with Gasteiger partial charge in [-0.05, 0) is 19.3 Å². The van der Waals surface area contributed by atoms with Gasteiger partial charge in [-0.1, -0.05) is 33.1 Å². The van der Waals surface area contributed by atoms with Crippen LogP contribution < -0.4 is 0 Å². The smallest absolute Gasteiger partial charge is 0.168 e. The summed E-state index contributed by atoms with van der Waals surface area (Å²) in [5, 5.41) is 0. The Bertz CT molecular complexity index is 149. The Morgan fingerprint density at radius 3 is 2.07 bits per heavy atom. The van der Waals surface area contributed by atoms with E-state index in [4.69, 9.17) is 9.47 Å². The Kier molecular flexibility index (Phi) is 6.26. The molecule has 2 nitrogen and oxygen atoms in total. The lowest BCUT2D eigenvalue weighted by Crippen LogP contribution is -2.35. The first-order chi connectivity index (χ1) is 7.33. The van der Waals surface area contributed by atoms with Crippen LogP contribution in [-0.4, -0.2) is 19.0 Å². The number of rotatable bonds is 6. The third-order valence-electron chi connectivity index (χ3n) is 3.06. The van der Waals surface area contributed by atoms with Crippen LogP contribution in [0.25, 0.3) is 0 Å².